The van der Waals surface area contributed by atoms with E-state index in [1.165, 1.54) is 17.0 Å². The molecule has 0 N–H and O–H groups in total. The van der Waals surface area contributed by atoms with Crippen molar-refractivity contribution in [1.29, 1.82) is 0 Å². The van der Waals surface area contributed by atoms with Crippen LogP contribution in [0, 0.1) is 5.82 Å². The largest absolute Gasteiger partial charge is 0.336 e. The van der Waals surface area contributed by atoms with Gasteiger partial charge in [-0.3, -0.25) is 9.78 Å². The van der Waals surface area contributed by atoms with Crippen LogP contribution in [-0.2, 0) is 6.54 Å². The first kappa shape index (κ1) is 12.2. The second-order valence-electron chi connectivity index (χ2n) is 3.96. The Morgan fingerprint density at radius 2 is 1.94 bits per heavy atom. The number of amides is 1. The molecule has 1 heterocycles. The van der Waals surface area contributed by atoms with Gasteiger partial charge in [0.1, 0.15) is 5.82 Å². The van der Waals surface area contributed by atoms with Crippen LogP contribution >= 0.6 is 0 Å². The summed E-state index contributed by atoms with van der Waals surface area (Å²) in [5, 5.41) is 0. The van der Waals surface area contributed by atoms with Crippen LogP contribution in [0.3, 0.4) is 0 Å². The van der Waals surface area contributed by atoms with Crippen LogP contribution in [0.15, 0.2) is 48.7 Å². The lowest BCUT2D eigenvalue weighted by molar-refractivity contribution is 0.0779. The highest BCUT2D eigenvalue weighted by Crippen LogP contribution is 2.10. The average molecular weight is 244 g/mol. The minimum atomic E-state index is -0.504. The van der Waals surface area contributed by atoms with E-state index in [0.29, 0.717) is 6.54 Å². The Bertz CT molecular complexity index is 543. The van der Waals surface area contributed by atoms with Crippen molar-refractivity contribution in [3.8, 4) is 0 Å². The van der Waals surface area contributed by atoms with Crippen LogP contribution < -0.4 is 0 Å². The van der Waals surface area contributed by atoms with Gasteiger partial charge in [0.15, 0.2) is 0 Å². The number of benzene rings is 1. The molecule has 0 saturated carbocycles. The van der Waals surface area contributed by atoms with Crippen LogP contribution in [-0.4, -0.2) is 22.8 Å². The number of nitrogens with zero attached hydrogens (tertiary/aromatic N) is 2. The molecule has 18 heavy (non-hydrogen) atoms. The van der Waals surface area contributed by atoms with Crippen LogP contribution in [0.5, 0.6) is 0 Å². The first-order valence-corrected chi connectivity index (χ1v) is 5.58. The van der Waals surface area contributed by atoms with Gasteiger partial charge in [-0.25, -0.2) is 4.39 Å². The van der Waals surface area contributed by atoms with Gasteiger partial charge in [0, 0.05) is 13.2 Å². The van der Waals surface area contributed by atoms with Crippen LogP contribution in [0.2, 0.25) is 0 Å². The Balaban J connectivity index is 2.13. The summed E-state index contributed by atoms with van der Waals surface area (Å²) >= 11 is 0. The molecule has 0 spiro atoms. The van der Waals surface area contributed by atoms with Gasteiger partial charge in [-0.15, -0.1) is 0 Å². The van der Waals surface area contributed by atoms with E-state index < -0.39 is 5.82 Å². The van der Waals surface area contributed by atoms with Crippen molar-refractivity contribution in [2.45, 2.75) is 6.54 Å². The minimum Gasteiger partial charge on any atom is -0.336 e. The van der Waals surface area contributed by atoms with Gasteiger partial charge in [0.05, 0.1) is 17.8 Å². The van der Waals surface area contributed by atoms with Gasteiger partial charge in [0.25, 0.3) is 5.91 Å². The normalized spacial score (nSPS) is 10.1. The number of carbonyl (C=O) groups excluding carboxylic acids is 1. The number of aromatic nitrogens is 1. The number of hydrogen-bond donors (Lipinski definition) is 0. The molecule has 0 radical (unpaired) electrons. The maximum Gasteiger partial charge on any atom is 0.256 e. The second kappa shape index (κ2) is 5.40. The fourth-order valence-electron chi connectivity index (χ4n) is 1.65. The van der Waals surface area contributed by atoms with Gasteiger partial charge in [-0.2, -0.15) is 0 Å². The lowest BCUT2D eigenvalue weighted by atomic mass is 10.2. The predicted molar refractivity (Wildman–Crippen MR) is 66.4 cm³/mol. The van der Waals surface area contributed by atoms with Gasteiger partial charge in [0.2, 0.25) is 0 Å². The molecule has 0 aliphatic rings. The summed E-state index contributed by atoms with van der Waals surface area (Å²) in [6.07, 6.45) is 1.66. The molecule has 0 atom stereocenters. The molecule has 0 bridgehead atoms. The Hall–Kier alpha value is -2.23. The van der Waals surface area contributed by atoms with E-state index in [2.05, 4.69) is 4.98 Å². The van der Waals surface area contributed by atoms with Gasteiger partial charge < -0.3 is 4.90 Å². The summed E-state index contributed by atoms with van der Waals surface area (Å²) in [5.41, 5.74) is 0.848. The zero-order chi connectivity index (χ0) is 13.0. The van der Waals surface area contributed by atoms with E-state index in [1.54, 1.807) is 25.4 Å². The van der Waals surface area contributed by atoms with Crippen molar-refractivity contribution in [2.75, 3.05) is 7.05 Å². The van der Waals surface area contributed by atoms with Gasteiger partial charge in [-0.1, -0.05) is 18.2 Å². The van der Waals surface area contributed by atoms with Gasteiger partial charge in [-0.05, 0) is 24.3 Å². The number of rotatable bonds is 3. The van der Waals surface area contributed by atoms with Crippen LogP contribution in [0.4, 0.5) is 4.39 Å². The monoisotopic (exact) mass is 244 g/mol. The summed E-state index contributed by atoms with van der Waals surface area (Å²) in [6, 6.07) is 11.4. The maximum absolute atomic E-state index is 13.5. The van der Waals surface area contributed by atoms with E-state index in [1.807, 2.05) is 18.2 Å². The minimum absolute atomic E-state index is 0.0796. The number of hydrogen-bond acceptors (Lipinski definition) is 2. The molecule has 0 aliphatic carbocycles. The topological polar surface area (TPSA) is 33.2 Å². The Kier molecular flexibility index (Phi) is 3.67. The fourth-order valence-corrected chi connectivity index (χ4v) is 1.65. The third kappa shape index (κ3) is 2.71. The highest BCUT2D eigenvalue weighted by atomic mass is 19.1. The quantitative estimate of drug-likeness (QED) is 0.831. The Morgan fingerprint density at radius 3 is 2.61 bits per heavy atom. The van der Waals surface area contributed by atoms with E-state index in [9.17, 15) is 9.18 Å². The van der Waals surface area contributed by atoms with E-state index in [-0.39, 0.29) is 11.5 Å². The zero-order valence-electron chi connectivity index (χ0n) is 10.0. The molecule has 0 aliphatic heterocycles. The van der Waals surface area contributed by atoms with Crippen molar-refractivity contribution < 1.29 is 9.18 Å². The van der Waals surface area contributed by atoms with Crippen molar-refractivity contribution in [2.24, 2.45) is 0 Å². The lowest BCUT2D eigenvalue weighted by Crippen LogP contribution is -2.27. The first-order chi connectivity index (χ1) is 8.68. The summed E-state index contributed by atoms with van der Waals surface area (Å²) in [4.78, 5) is 17.6. The molecule has 1 aromatic carbocycles. The molecule has 1 amide bonds. The molecule has 92 valence electrons. The average Bonchev–Trinajstić information content (AvgIpc) is 2.39. The molecule has 0 fully saturated rings. The molecule has 2 rings (SSSR count). The molecular formula is C14H13FN2O. The molecule has 2 aromatic rings. The van der Waals surface area contributed by atoms with Crippen molar-refractivity contribution in [1.82, 2.24) is 9.88 Å². The molecule has 0 unspecified atom stereocenters. The number of carbonyl (C=O) groups is 1. The molecule has 3 nitrogen and oxygen atoms in total. The van der Waals surface area contributed by atoms with Crippen LogP contribution in [0.25, 0.3) is 0 Å². The summed E-state index contributed by atoms with van der Waals surface area (Å²) in [5.74, 6) is -0.853. The molecular weight excluding hydrogens is 231 g/mol. The number of pyridine rings is 1. The summed E-state index contributed by atoms with van der Waals surface area (Å²) < 4.78 is 13.5. The molecule has 4 heteroatoms. The molecule has 1 aromatic heterocycles. The highest BCUT2D eigenvalue weighted by Gasteiger charge is 2.15. The standard InChI is InChI=1S/C14H13FN2O/c1-17(10-11-6-4-5-9-16-11)14(18)12-7-2-3-8-13(12)15/h2-9H,10H2,1H3. The van der Waals surface area contributed by atoms with Gasteiger partial charge >= 0.3 is 0 Å². The SMILES string of the molecule is CN(Cc1ccccn1)C(=O)c1ccccc1F. The zero-order valence-corrected chi connectivity index (χ0v) is 10.0. The second-order valence-corrected chi connectivity index (χ2v) is 3.96. The summed E-state index contributed by atoms with van der Waals surface area (Å²) in [7, 11) is 1.63. The number of halogens is 1. The van der Waals surface area contributed by atoms with Crippen LogP contribution in [0.1, 0.15) is 16.1 Å². The fraction of sp³-hybridized carbons (Fsp3) is 0.143. The Morgan fingerprint density at radius 1 is 1.22 bits per heavy atom. The predicted octanol–water partition coefficient (Wildman–Crippen LogP) is 2.49. The third-order valence-corrected chi connectivity index (χ3v) is 2.58. The Labute approximate surface area is 105 Å². The maximum atomic E-state index is 13.5. The lowest BCUT2D eigenvalue weighted by Gasteiger charge is -2.16. The van der Waals surface area contributed by atoms with E-state index in [0.717, 1.165) is 5.69 Å². The summed E-state index contributed by atoms with van der Waals surface area (Å²) in [6.45, 7) is 0.355. The molecule has 0 saturated heterocycles. The smallest absolute Gasteiger partial charge is 0.256 e. The van der Waals surface area contributed by atoms with E-state index >= 15 is 0 Å². The third-order valence-electron chi connectivity index (χ3n) is 2.58. The van der Waals surface area contributed by atoms with Crippen molar-refractivity contribution >= 4 is 5.91 Å². The van der Waals surface area contributed by atoms with Crippen molar-refractivity contribution in [3.05, 3.63) is 65.7 Å². The first-order valence-electron chi connectivity index (χ1n) is 5.58. The van der Waals surface area contributed by atoms with E-state index in [4.69, 9.17) is 0 Å². The van der Waals surface area contributed by atoms with Crippen molar-refractivity contribution in [3.63, 3.8) is 0 Å². The highest BCUT2D eigenvalue weighted by molar-refractivity contribution is 5.94.